The molecule has 1 unspecified atom stereocenters. The van der Waals surface area contributed by atoms with E-state index in [4.69, 9.17) is 9.84 Å². The Hall–Kier alpha value is -3.29. The van der Waals surface area contributed by atoms with E-state index < -0.39 is 23.8 Å². The van der Waals surface area contributed by atoms with Gasteiger partial charge < -0.3 is 9.84 Å². The van der Waals surface area contributed by atoms with Gasteiger partial charge in [-0.3, -0.25) is 9.89 Å². The summed E-state index contributed by atoms with van der Waals surface area (Å²) in [6, 6.07) is 10.3. The third kappa shape index (κ3) is 5.25. The molecule has 8 heteroatoms. The van der Waals surface area contributed by atoms with Gasteiger partial charge in [-0.2, -0.15) is 18.3 Å². The second kappa shape index (κ2) is 8.83. The van der Waals surface area contributed by atoms with E-state index in [-0.39, 0.29) is 6.42 Å². The number of aliphatic carboxylic acids is 1. The number of hydrogen-bond donors (Lipinski definition) is 2. The number of ether oxygens (including phenoxy) is 1. The quantitative estimate of drug-likeness (QED) is 0.514. The maximum Gasteiger partial charge on any atom is 0.416 e. The number of alkyl halides is 3. The van der Waals surface area contributed by atoms with E-state index in [1.54, 1.807) is 19.1 Å². The Balaban J connectivity index is 1.95. The molecular formula is C23H23F3N2O3. The van der Waals surface area contributed by atoms with Crippen LogP contribution in [-0.4, -0.2) is 21.3 Å². The number of rotatable bonds is 7. The Morgan fingerprint density at radius 1 is 1.13 bits per heavy atom. The van der Waals surface area contributed by atoms with Gasteiger partial charge in [0.15, 0.2) is 6.10 Å². The topological polar surface area (TPSA) is 75.2 Å². The van der Waals surface area contributed by atoms with E-state index in [1.165, 1.54) is 12.1 Å². The Morgan fingerprint density at radius 2 is 1.81 bits per heavy atom. The van der Waals surface area contributed by atoms with Crippen LogP contribution < -0.4 is 4.74 Å². The van der Waals surface area contributed by atoms with Crippen LogP contribution in [0.1, 0.15) is 51.7 Å². The lowest BCUT2D eigenvalue weighted by Gasteiger charge is -2.22. The SMILES string of the molecule is Cc1cc(OC(c2ccc(C(F)(F)F)cc2)c2c(C)n[nH]c2C)ccc1CCC(=O)O. The summed E-state index contributed by atoms with van der Waals surface area (Å²) in [6.45, 7) is 5.50. The fraction of sp³-hybridized carbons (Fsp3) is 0.304. The van der Waals surface area contributed by atoms with Crippen LogP contribution in [0.15, 0.2) is 42.5 Å². The molecule has 0 saturated heterocycles. The van der Waals surface area contributed by atoms with Crippen molar-refractivity contribution in [1.29, 1.82) is 0 Å². The van der Waals surface area contributed by atoms with E-state index in [1.807, 2.05) is 19.9 Å². The maximum absolute atomic E-state index is 13.0. The summed E-state index contributed by atoms with van der Waals surface area (Å²) in [5.74, 6) is -0.338. The van der Waals surface area contributed by atoms with Crippen molar-refractivity contribution in [1.82, 2.24) is 10.2 Å². The largest absolute Gasteiger partial charge is 0.481 e. The van der Waals surface area contributed by atoms with Gasteiger partial charge in [-0.25, -0.2) is 0 Å². The highest BCUT2D eigenvalue weighted by molar-refractivity contribution is 5.67. The zero-order chi connectivity index (χ0) is 22.8. The number of carbonyl (C=O) groups is 1. The third-order valence-corrected chi connectivity index (χ3v) is 5.16. The summed E-state index contributed by atoms with van der Waals surface area (Å²) < 4.78 is 45.2. The molecule has 31 heavy (non-hydrogen) atoms. The van der Waals surface area contributed by atoms with Crippen LogP contribution in [0, 0.1) is 20.8 Å². The maximum atomic E-state index is 13.0. The summed E-state index contributed by atoms with van der Waals surface area (Å²) in [4.78, 5) is 10.8. The van der Waals surface area contributed by atoms with Crippen LogP contribution >= 0.6 is 0 Å². The number of aromatic nitrogens is 2. The molecular weight excluding hydrogens is 409 g/mol. The average molecular weight is 432 g/mol. The number of aryl methyl sites for hydroxylation is 4. The summed E-state index contributed by atoms with van der Waals surface area (Å²) in [5.41, 5.74) is 3.83. The Labute approximate surface area is 177 Å². The van der Waals surface area contributed by atoms with E-state index >= 15 is 0 Å². The first-order valence-electron chi connectivity index (χ1n) is 9.73. The molecule has 0 amide bonds. The molecule has 0 aliphatic carbocycles. The van der Waals surface area contributed by atoms with Crippen molar-refractivity contribution < 1.29 is 27.8 Å². The third-order valence-electron chi connectivity index (χ3n) is 5.16. The van der Waals surface area contributed by atoms with Gasteiger partial charge in [0, 0.05) is 17.7 Å². The Kier molecular flexibility index (Phi) is 6.38. The number of hydrogen-bond acceptors (Lipinski definition) is 3. The molecule has 0 fully saturated rings. The van der Waals surface area contributed by atoms with Gasteiger partial charge in [0.2, 0.25) is 0 Å². The first-order chi connectivity index (χ1) is 14.6. The van der Waals surface area contributed by atoms with E-state index in [2.05, 4.69) is 10.2 Å². The van der Waals surface area contributed by atoms with Crippen molar-refractivity contribution in [2.24, 2.45) is 0 Å². The predicted molar refractivity (Wildman–Crippen MR) is 109 cm³/mol. The first-order valence-corrected chi connectivity index (χ1v) is 9.73. The second-order valence-electron chi connectivity index (χ2n) is 7.45. The summed E-state index contributed by atoms with van der Waals surface area (Å²) in [7, 11) is 0. The van der Waals surface area contributed by atoms with Crippen molar-refractivity contribution in [2.45, 2.75) is 45.9 Å². The normalized spacial score (nSPS) is 12.6. The fourth-order valence-corrected chi connectivity index (χ4v) is 3.49. The van der Waals surface area contributed by atoms with Gasteiger partial charge >= 0.3 is 12.1 Å². The van der Waals surface area contributed by atoms with Crippen LogP contribution in [0.3, 0.4) is 0 Å². The monoisotopic (exact) mass is 432 g/mol. The number of halogens is 3. The minimum Gasteiger partial charge on any atom is -0.481 e. The molecule has 3 aromatic rings. The molecule has 2 N–H and O–H groups in total. The highest BCUT2D eigenvalue weighted by atomic mass is 19.4. The zero-order valence-electron chi connectivity index (χ0n) is 17.4. The summed E-state index contributed by atoms with van der Waals surface area (Å²) in [6.07, 6.45) is -4.64. The molecule has 0 spiro atoms. The highest BCUT2D eigenvalue weighted by Gasteiger charge is 2.31. The number of carboxylic acids is 1. The van der Waals surface area contributed by atoms with Gasteiger partial charge in [0.25, 0.3) is 0 Å². The zero-order valence-corrected chi connectivity index (χ0v) is 17.4. The fourth-order valence-electron chi connectivity index (χ4n) is 3.49. The van der Waals surface area contributed by atoms with E-state index in [0.29, 0.717) is 23.4 Å². The molecule has 0 bridgehead atoms. The molecule has 3 rings (SSSR count). The number of aromatic amines is 1. The van der Waals surface area contributed by atoms with Crippen LogP contribution in [0.5, 0.6) is 5.75 Å². The molecule has 0 saturated carbocycles. The molecule has 1 heterocycles. The smallest absolute Gasteiger partial charge is 0.416 e. The van der Waals surface area contributed by atoms with Gasteiger partial charge in [-0.15, -0.1) is 0 Å². The second-order valence-corrected chi connectivity index (χ2v) is 7.45. The van der Waals surface area contributed by atoms with E-state index in [0.717, 1.165) is 34.5 Å². The lowest BCUT2D eigenvalue weighted by Crippen LogP contribution is -2.13. The number of nitrogens with zero attached hydrogens (tertiary/aromatic N) is 1. The highest BCUT2D eigenvalue weighted by Crippen LogP contribution is 2.35. The van der Waals surface area contributed by atoms with Crippen molar-refractivity contribution in [3.63, 3.8) is 0 Å². The molecule has 1 aromatic heterocycles. The number of H-pyrrole nitrogens is 1. The van der Waals surface area contributed by atoms with Crippen LogP contribution in [0.2, 0.25) is 0 Å². The number of benzene rings is 2. The van der Waals surface area contributed by atoms with Crippen molar-refractivity contribution in [2.75, 3.05) is 0 Å². The lowest BCUT2D eigenvalue weighted by molar-refractivity contribution is -0.138. The lowest BCUT2D eigenvalue weighted by atomic mass is 9.98. The van der Waals surface area contributed by atoms with Crippen molar-refractivity contribution >= 4 is 5.97 Å². The molecule has 0 aliphatic rings. The van der Waals surface area contributed by atoms with Crippen LogP contribution in [0.25, 0.3) is 0 Å². The molecule has 1 atom stereocenters. The molecule has 2 aromatic carbocycles. The minimum absolute atomic E-state index is 0.0304. The molecule has 5 nitrogen and oxygen atoms in total. The van der Waals surface area contributed by atoms with Gasteiger partial charge in [-0.05, 0) is 68.1 Å². The van der Waals surface area contributed by atoms with E-state index in [9.17, 15) is 18.0 Å². The standard InChI is InChI=1S/C23H23F3N2O3/c1-13-12-19(10-6-16(13)7-11-20(29)30)31-22(21-14(2)27-28-15(21)3)17-4-8-18(9-5-17)23(24,25)26/h4-6,8-10,12,22H,7,11H2,1-3H3,(H,27,28)(H,29,30). The first kappa shape index (κ1) is 22.4. The van der Waals surface area contributed by atoms with Crippen molar-refractivity contribution in [3.05, 3.63) is 81.7 Å². The van der Waals surface area contributed by atoms with Crippen LogP contribution in [0.4, 0.5) is 13.2 Å². The molecule has 164 valence electrons. The summed E-state index contributed by atoms with van der Waals surface area (Å²) >= 11 is 0. The van der Waals surface area contributed by atoms with Crippen LogP contribution in [-0.2, 0) is 17.4 Å². The van der Waals surface area contributed by atoms with Crippen molar-refractivity contribution in [3.8, 4) is 5.75 Å². The average Bonchev–Trinajstić information content (AvgIpc) is 3.03. The molecule has 0 radical (unpaired) electrons. The number of carboxylic acid groups (broad SMARTS) is 1. The minimum atomic E-state index is -4.42. The van der Waals surface area contributed by atoms with Gasteiger partial charge in [0.05, 0.1) is 11.3 Å². The predicted octanol–water partition coefficient (Wildman–Crippen LogP) is 5.54. The molecule has 0 aliphatic heterocycles. The Bertz CT molecular complexity index is 1050. The van der Waals surface area contributed by atoms with Gasteiger partial charge in [-0.1, -0.05) is 18.2 Å². The summed E-state index contributed by atoms with van der Waals surface area (Å²) in [5, 5.41) is 16.0. The Morgan fingerprint density at radius 3 is 2.32 bits per heavy atom. The number of nitrogens with one attached hydrogen (secondary N) is 1. The van der Waals surface area contributed by atoms with Gasteiger partial charge in [0.1, 0.15) is 5.75 Å².